The SMILES string of the molecule is C=C1OC=CN1C(C)(C)C. The van der Waals surface area contributed by atoms with E-state index in [1.54, 1.807) is 6.26 Å². The Hall–Kier alpha value is -0.920. The first kappa shape index (κ1) is 7.19. The number of nitrogens with zero attached hydrogens (tertiary/aromatic N) is 1. The quantitative estimate of drug-likeness (QED) is 0.509. The second-order valence-electron chi connectivity index (χ2n) is 3.34. The summed E-state index contributed by atoms with van der Waals surface area (Å²) in [6.45, 7) is 10.1. The minimum absolute atomic E-state index is 0.0735. The van der Waals surface area contributed by atoms with Crippen LogP contribution >= 0.6 is 0 Å². The smallest absolute Gasteiger partial charge is 0.192 e. The largest absolute Gasteiger partial charge is 0.448 e. The van der Waals surface area contributed by atoms with Gasteiger partial charge < -0.3 is 9.64 Å². The first-order valence-corrected chi connectivity index (χ1v) is 3.33. The summed E-state index contributed by atoms with van der Waals surface area (Å²) in [4.78, 5) is 1.99. The molecule has 2 heteroatoms. The van der Waals surface area contributed by atoms with Gasteiger partial charge in [-0.15, -0.1) is 0 Å². The fourth-order valence-electron chi connectivity index (χ4n) is 0.907. The molecule has 10 heavy (non-hydrogen) atoms. The van der Waals surface area contributed by atoms with Gasteiger partial charge in [0.15, 0.2) is 5.88 Å². The molecule has 0 atom stereocenters. The van der Waals surface area contributed by atoms with Crippen LogP contribution in [-0.2, 0) is 4.74 Å². The summed E-state index contributed by atoms with van der Waals surface area (Å²) in [5, 5.41) is 0. The van der Waals surface area contributed by atoms with E-state index in [9.17, 15) is 0 Å². The van der Waals surface area contributed by atoms with E-state index in [0.717, 1.165) is 0 Å². The van der Waals surface area contributed by atoms with Gasteiger partial charge in [0, 0.05) is 11.7 Å². The summed E-state index contributed by atoms with van der Waals surface area (Å²) in [6.07, 6.45) is 3.54. The average Bonchev–Trinajstić information content (AvgIpc) is 2.11. The van der Waals surface area contributed by atoms with Crippen LogP contribution in [0.3, 0.4) is 0 Å². The first-order chi connectivity index (χ1) is 4.52. The molecule has 0 aromatic carbocycles. The third-order valence-electron chi connectivity index (χ3n) is 1.41. The van der Waals surface area contributed by atoms with Gasteiger partial charge in [-0.3, -0.25) is 0 Å². The molecule has 0 fully saturated rings. The van der Waals surface area contributed by atoms with Crippen molar-refractivity contribution in [2.24, 2.45) is 0 Å². The summed E-state index contributed by atoms with van der Waals surface area (Å²) in [6, 6.07) is 0. The third-order valence-corrected chi connectivity index (χ3v) is 1.41. The lowest BCUT2D eigenvalue weighted by Crippen LogP contribution is -2.34. The number of rotatable bonds is 0. The van der Waals surface area contributed by atoms with Gasteiger partial charge in [0.25, 0.3) is 0 Å². The molecule has 0 unspecified atom stereocenters. The lowest BCUT2D eigenvalue weighted by molar-refractivity contribution is 0.186. The summed E-state index contributed by atoms with van der Waals surface area (Å²) < 4.78 is 5.04. The van der Waals surface area contributed by atoms with Crippen LogP contribution in [0.4, 0.5) is 0 Å². The molecular formula is C8H13NO. The fourth-order valence-corrected chi connectivity index (χ4v) is 0.907. The van der Waals surface area contributed by atoms with E-state index in [0.29, 0.717) is 5.88 Å². The molecule has 1 rings (SSSR count). The van der Waals surface area contributed by atoms with Crippen molar-refractivity contribution in [1.29, 1.82) is 0 Å². The maximum Gasteiger partial charge on any atom is 0.192 e. The minimum Gasteiger partial charge on any atom is -0.448 e. The van der Waals surface area contributed by atoms with Gasteiger partial charge in [0.05, 0.1) is 0 Å². The standard InChI is InChI=1S/C8H13NO/c1-7-9(5-6-10-7)8(2,3)4/h5-6H,1H2,2-4H3. The molecule has 0 saturated carbocycles. The highest BCUT2D eigenvalue weighted by molar-refractivity contribution is 5.05. The predicted molar refractivity (Wildman–Crippen MR) is 41.0 cm³/mol. The Kier molecular flexibility index (Phi) is 1.47. The van der Waals surface area contributed by atoms with Gasteiger partial charge in [-0.2, -0.15) is 0 Å². The molecule has 2 nitrogen and oxygen atoms in total. The van der Waals surface area contributed by atoms with Crippen molar-refractivity contribution in [3.05, 3.63) is 24.9 Å². The maximum absolute atomic E-state index is 5.04. The molecule has 1 aliphatic rings. The van der Waals surface area contributed by atoms with Crippen molar-refractivity contribution in [2.75, 3.05) is 0 Å². The fraction of sp³-hybridized carbons (Fsp3) is 0.500. The molecule has 0 N–H and O–H groups in total. The minimum atomic E-state index is 0.0735. The molecule has 56 valence electrons. The third kappa shape index (κ3) is 1.15. The summed E-state index contributed by atoms with van der Waals surface area (Å²) in [7, 11) is 0. The molecular weight excluding hydrogens is 126 g/mol. The number of hydrogen-bond donors (Lipinski definition) is 0. The van der Waals surface area contributed by atoms with Gasteiger partial charge in [0.1, 0.15) is 6.26 Å². The summed E-state index contributed by atoms with van der Waals surface area (Å²) in [5.41, 5.74) is 0.0735. The van der Waals surface area contributed by atoms with E-state index < -0.39 is 0 Å². The second kappa shape index (κ2) is 2.04. The van der Waals surface area contributed by atoms with Crippen molar-refractivity contribution in [2.45, 2.75) is 26.3 Å². The lowest BCUT2D eigenvalue weighted by atomic mass is 10.1. The van der Waals surface area contributed by atoms with Crippen molar-refractivity contribution >= 4 is 0 Å². The average molecular weight is 139 g/mol. The zero-order valence-corrected chi connectivity index (χ0v) is 6.72. The zero-order valence-electron chi connectivity index (χ0n) is 6.72. The van der Waals surface area contributed by atoms with Gasteiger partial charge in [-0.05, 0) is 27.4 Å². The van der Waals surface area contributed by atoms with Crippen LogP contribution in [0.15, 0.2) is 24.9 Å². The zero-order chi connectivity index (χ0) is 7.78. The van der Waals surface area contributed by atoms with E-state index in [-0.39, 0.29) is 5.54 Å². The highest BCUT2D eigenvalue weighted by Crippen LogP contribution is 2.23. The summed E-state index contributed by atoms with van der Waals surface area (Å²) >= 11 is 0. The van der Waals surface area contributed by atoms with E-state index in [1.807, 2.05) is 11.1 Å². The topological polar surface area (TPSA) is 12.5 Å². The molecule has 0 bridgehead atoms. The molecule has 0 saturated heterocycles. The number of ether oxygens (including phenoxy) is 1. The van der Waals surface area contributed by atoms with Crippen LogP contribution in [0.5, 0.6) is 0 Å². The molecule has 1 heterocycles. The van der Waals surface area contributed by atoms with Gasteiger partial charge in [0.2, 0.25) is 0 Å². The maximum atomic E-state index is 5.04. The van der Waals surface area contributed by atoms with Crippen LogP contribution < -0.4 is 0 Å². The van der Waals surface area contributed by atoms with Gasteiger partial charge in [-0.25, -0.2) is 0 Å². The van der Waals surface area contributed by atoms with Crippen molar-refractivity contribution in [3.63, 3.8) is 0 Å². The van der Waals surface area contributed by atoms with Crippen LogP contribution in [0.2, 0.25) is 0 Å². The molecule has 0 aromatic rings. The molecule has 0 aromatic heterocycles. The normalized spacial score (nSPS) is 17.9. The molecule has 0 aliphatic carbocycles. The van der Waals surface area contributed by atoms with Crippen LogP contribution in [-0.4, -0.2) is 10.4 Å². The summed E-state index contributed by atoms with van der Waals surface area (Å²) in [5.74, 6) is 0.701. The van der Waals surface area contributed by atoms with E-state index in [4.69, 9.17) is 4.74 Å². The van der Waals surface area contributed by atoms with Crippen molar-refractivity contribution in [1.82, 2.24) is 4.90 Å². The Balaban J connectivity index is 2.73. The highest BCUT2D eigenvalue weighted by atomic mass is 16.5. The molecule has 0 radical (unpaired) electrons. The van der Waals surface area contributed by atoms with Crippen molar-refractivity contribution < 1.29 is 4.74 Å². The van der Waals surface area contributed by atoms with Crippen molar-refractivity contribution in [3.8, 4) is 0 Å². The first-order valence-electron chi connectivity index (χ1n) is 3.33. The van der Waals surface area contributed by atoms with E-state index in [2.05, 4.69) is 27.4 Å². The van der Waals surface area contributed by atoms with E-state index >= 15 is 0 Å². The molecule has 0 spiro atoms. The van der Waals surface area contributed by atoms with Crippen LogP contribution in [0.25, 0.3) is 0 Å². The molecule has 0 amide bonds. The van der Waals surface area contributed by atoms with Crippen LogP contribution in [0, 0.1) is 0 Å². The van der Waals surface area contributed by atoms with Gasteiger partial charge in [-0.1, -0.05) is 0 Å². The number of hydrogen-bond acceptors (Lipinski definition) is 2. The molecule has 1 aliphatic heterocycles. The monoisotopic (exact) mass is 139 g/mol. The Morgan fingerprint density at radius 1 is 1.50 bits per heavy atom. The van der Waals surface area contributed by atoms with Gasteiger partial charge >= 0.3 is 0 Å². The Bertz CT molecular complexity index is 176. The lowest BCUT2D eigenvalue weighted by Gasteiger charge is -2.30. The Labute approximate surface area is 61.8 Å². The Morgan fingerprint density at radius 2 is 2.10 bits per heavy atom. The van der Waals surface area contributed by atoms with E-state index in [1.165, 1.54) is 0 Å². The second-order valence-corrected chi connectivity index (χ2v) is 3.34. The van der Waals surface area contributed by atoms with Crippen LogP contribution in [0.1, 0.15) is 20.8 Å². The Morgan fingerprint density at radius 3 is 2.30 bits per heavy atom. The highest BCUT2D eigenvalue weighted by Gasteiger charge is 2.23. The predicted octanol–water partition coefficient (Wildman–Crippen LogP) is 2.06.